The maximum Gasteiger partial charge on any atom is 0.271 e. The van der Waals surface area contributed by atoms with E-state index < -0.39 is 6.10 Å². The summed E-state index contributed by atoms with van der Waals surface area (Å²) in [6, 6.07) is 15.4. The maximum atomic E-state index is 12.7. The molecule has 0 fully saturated rings. The second-order valence-corrected chi connectivity index (χ2v) is 6.06. The number of oxime groups is 1. The van der Waals surface area contributed by atoms with Crippen LogP contribution < -0.4 is 9.47 Å². The van der Waals surface area contributed by atoms with Gasteiger partial charge in [-0.05, 0) is 30.2 Å². The van der Waals surface area contributed by atoms with Crippen molar-refractivity contribution in [2.45, 2.75) is 26.0 Å². The average Bonchev–Trinajstić information content (AvgIpc) is 2.68. The molecule has 0 radical (unpaired) electrons. The molecule has 0 aromatic heterocycles. The van der Waals surface area contributed by atoms with E-state index in [1.165, 1.54) is 0 Å². The molecule has 1 atom stereocenters. The third-order valence-corrected chi connectivity index (χ3v) is 4.20. The van der Waals surface area contributed by atoms with Crippen LogP contribution in [0.4, 0.5) is 0 Å². The molecular weight excluding hydrogens is 332 g/mol. The number of carbonyl (C=O) groups is 1. The van der Waals surface area contributed by atoms with Crippen molar-refractivity contribution in [3.63, 3.8) is 0 Å². The van der Waals surface area contributed by atoms with Crippen LogP contribution in [-0.2, 0) is 22.6 Å². The van der Waals surface area contributed by atoms with Crippen molar-refractivity contribution in [2.75, 3.05) is 14.2 Å². The minimum atomic E-state index is -0.609. The van der Waals surface area contributed by atoms with Crippen molar-refractivity contribution in [1.29, 1.82) is 0 Å². The lowest BCUT2D eigenvalue weighted by Crippen LogP contribution is -2.46. The molecule has 0 saturated carbocycles. The Bertz CT molecular complexity index is 782. The standard InChI is InChI=1S/C20H22N2O4/c1-14-20(23)22(13-16-9-17(24-2)12-18(10-16)25-3)19(21-26-14)11-15-7-5-4-6-8-15/h4-10,12,14H,11,13H2,1-3H3. The molecule has 0 saturated heterocycles. The molecule has 136 valence electrons. The van der Waals surface area contributed by atoms with Crippen LogP contribution in [0.3, 0.4) is 0 Å². The molecule has 2 aromatic rings. The molecule has 0 N–H and O–H groups in total. The number of carbonyl (C=O) groups excluding carboxylic acids is 1. The molecule has 3 rings (SSSR count). The van der Waals surface area contributed by atoms with Gasteiger partial charge in [0.1, 0.15) is 11.5 Å². The van der Waals surface area contributed by atoms with Gasteiger partial charge in [-0.2, -0.15) is 0 Å². The summed E-state index contributed by atoms with van der Waals surface area (Å²) < 4.78 is 10.6. The Morgan fingerprint density at radius 3 is 2.31 bits per heavy atom. The zero-order valence-electron chi connectivity index (χ0n) is 15.1. The van der Waals surface area contributed by atoms with E-state index in [1.54, 1.807) is 32.1 Å². The van der Waals surface area contributed by atoms with E-state index in [9.17, 15) is 4.79 Å². The summed E-state index contributed by atoms with van der Waals surface area (Å²) >= 11 is 0. The predicted octanol–water partition coefficient (Wildman–Crippen LogP) is 3.01. The van der Waals surface area contributed by atoms with Crippen LogP contribution in [0.1, 0.15) is 18.1 Å². The zero-order chi connectivity index (χ0) is 18.5. The van der Waals surface area contributed by atoms with Crippen LogP contribution in [0, 0.1) is 0 Å². The molecule has 26 heavy (non-hydrogen) atoms. The average molecular weight is 354 g/mol. The fourth-order valence-electron chi connectivity index (χ4n) is 2.80. The maximum absolute atomic E-state index is 12.7. The molecule has 6 heteroatoms. The van der Waals surface area contributed by atoms with Gasteiger partial charge >= 0.3 is 0 Å². The number of hydrogen-bond donors (Lipinski definition) is 0. The van der Waals surface area contributed by atoms with Gasteiger partial charge in [-0.3, -0.25) is 9.69 Å². The molecule has 1 unspecified atom stereocenters. The number of ether oxygens (including phenoxy) is 2. The number of rotatable bonds is 6. The van der Waals surface area contributed by atoms with Crippen LogP contribution in [0.2, 0.25) is 0 Å². The first-order chi connectivity index (χ1) is 12.6. The van der Waals surface area contributed by atoms with E-state index in [4.69, 9.17) is 14.3 Å². The monoisotopic (exact) mass is 354 g/mol. The SMILES string of the molecule is COc1cc(CN2C(=O)C(C)ON=C2Cc2ccccc2)cc(OC)c1. The van der Waals surface area contributed by atoms with Crippen LogP contribution in [0.15, 0.2) is 53.7 Å². The number of amidine groups is 1. The van der Waals surface area contributed by atoms with Crippen molar-refractivity contribution in [2.24, 2.45) is 5.16 Å². The Balaban J connectivity index is 1.88. The largest absolute Gasteiger partial charge is 0.497 e. The number of nitrogens with zero attached hydrogens (tertiary/aromatic N) is 2. The van der Waals surface area contributed by atoms with Crippen LogP contribution in [0.5, 0.6) is 11.5 Å². The van der Waals surface area contributed by atoms with E-state index in [1.807, 2.05) is 42.5 Å². The third kappa shape index (κ3) is 3.96. The highest BCUT2D eigenvalue weighted by molar-refractivity contribution is 6.01. The lowest BCUT2D eigenvalue weighted by Gasteiger charge is -2.30. The van der Waals surface area contributed by atoms with Gasteiger partial charge in [0.2, 0.25) is 6.10 Å². The van der Waals surface area contributed by atoms with E-state index in [-0.39, 0.29) is 5.91 Å². The summed E-state index contributed by atoms with van der Waals surface area (Å²) in [6.45, 7) is 2.07. The molecule has 1 aliphatic rings. The van der Waals surface area contributed by atoms with Gasteiger partial charge in [0.25, 0.3) is 5.91 Å². The number of benzene rings is 2. The second-order valence-electron chi connectivity index (χ2n) is 6.06. The molecular formula is C20H22N2O4. The predicted molar refractivity (Wildman–Crippen MR) is 98.2 cm³/mol. The third-order valence-electron chi connectivity index (χ3n) is 4.20. The van der Waals surface area contributed by atoms with Gasteiger partial charge in [-0.1, -0.05) is 35.5 Å². The van der Waals surface area contributed by atoms with Crippen molar-refractivity contribution < 1.29 is 19.1 Å². The first-order valence-electron chi connectivity index (χ1n) is 8.40. The van der Waals surface area contributed by atoms with Crippen LogP contribution in [0.25, 0.3) is 0 Å². The van der Waals surface area contributed by atoms with Gasteiger partial charge in [0.05, 0.1) is 20.8 Å². The number of amides is 1. The summed E-state index contributed by atoms with van der Waals surface area (Å²) in [5.41, 5.74) is 1.95. The number of hydrogen-bond acceptors (Lipinski definition) is 5. The molecule has 0 spiro atoms. The topological polar surface area (TPSA) is 60.4 Å². The van der Waals surface area contributed by atoms with Gasteiger partial charge in [-0.25, -0.2) is 0 Å². The van der Waals surface area contributed by atoms with Crippen LogP contribution >= 0.6 is 0 Å². The van der Waals surface area contributed by atoms with Crippen molar-refractivity contribution in [3.05, 3.63) is 59.7 Å². The minimum Gasteiger partial charge on any atom is -0.497 e. The van der Waals surface area contributed by atoms with E-state index in [0.717, 1.165) is 11.1 Å². The lowest BCUT2D eigenvalue weighted by atomic mass is 10.1. The van der Waals surface area contributed by atoms with Crippen LogP contribution in [-0.4, -0.2) is 37.0 Å². The van der Waals surface area contributed by atoms with Crippen molar-refractivity contribution in [3.8, 4) is 11.5 Å². The summed E-state index contributed by atoms with van der Waals surface area (Å²) in [5.74, 6) is 1.82. The molecule has 1 amide bonds. The highest BCUT2D eigenvalue weighted by Crippen LogP contribution is 2.25. The van der Waals surface area contributed by atoms with Gasteiger partial charge in [-0.15, -0.1) is 0 Å². The number of methoxy groups -OCH3 is 2. The zero-order valence-corrected chi connectivity index (χ0v) is 15.1. The summed E-state index contributed by atoms with van der Waals surface area (Å²) in [6.07, 6.45) is -0.0949. The summed E-state index contributed by atoms with van der Waals surface area (Å²) in [7, 11) is 3.20. The normalized spacial score (nSPS) is 16.7. The molecule has 0 bridgehead atoms. The molecule has 1 aliphatic heterocycles. The lowest BCUT2D eigenvalue weighted by molar-refractivity contribution is -0.142. The Morgan fingerprint density at radius 1 is 1.04 bits per heavy atom. The van der Waals surface area contributed by atoms with Gasteiger partial charge < -0.3 is 14.3 Å². The summed E-state index contributed by atoms with van der Waals surface area (Å²) in [5, 5.41) is 4.18. The highest BCUT2D eigenvalue weighted by Gasteiger charge is 2.31. The van der Waals surface area contributed by atoms with E-state index in [2.05, 4.69) is 5.16 Å². The van der Waals surface area contributed by atoms with E-state index in [0.29, 0.717) is 30.3 Å². The Kier molecular flexibility index (Phi) is 5.41. The first kappa shape index (κ1) is 17.8. The highest BCUT2D eigenvalue weighted by atomic mass is 16.6. The fraction of sp³-hybridized carbons (Fsp3) is 0.300. The Hall–Kier alpha value is -3.02. The Morgan fingerprint density at radius 2 is 1.69 bits per heavy atom. The second kappa shape index (κ2) is 7.91. The Labute approximate surface area is 153 Å². The quantitative estimate of drug-likeness (QED) is 0.800. The summed E-state index contributed by atoms with van der Waals surface area (Å²) in [4.78, 5) is 19.6. The molecule has 6 nitrogen and oxygen atoms in total. The molecule has 0 aliphatic carbocycles. The first-order valence-corrected chi connectivity index (χ1v) is 8.40. The van der Waals surface area contributed by atoms with Crippen molar-refractivity contribution >= 4 is 11.7 Å². The smallest absolute Gasteiger partial charge is 0.271 e. The van der Waals surface area contributed by atoms with Gasteiger partial charge in [0.15, 0.2) is 5.84 Å². The fourth-order valence-corrected chi connectivity index (χ4v) is 2.80. The molecule has 1 heterocycles. The molecule has 2 aromatic carbocycles. The van der Waals surface area contributed by atoms with Crippen molar-refractivity contribution in [1.82, 2.24) is 4.90 Å². The minimum absolute atomic E-state index is 0.118. The van der Waals surface area contributed by atoms with Gasteiger partial charge in [0, 0.05) is 12.5 Å². The van der Waals surface area contributed by atoms with E-state index >= 15 is 0 Å².